The summed E-state index contributed by atoms with van der Waals surface area (Å²) in [5.41, 5.74) is 1.89. The van der Waals surface area contributed by atoms with Gasteiger partial charge in [-0.15, -0.1) is 0 Å². The van der Waals surface area contributed by atoms with Crippen LogP contribution >= 0.6 is 0 Å². The zero-order valence-corrected chi connectivity index (χ0v) is 21.2. The number of amides is 2. The summed E-state index contributed by atoms with van der Waals surface area (Å²) in [5.74, 6) is -1.09. The highest BCUT2D eigenvalue weighted by molar-refractivity contribution is 6.11. The van der Waals surface area contributed by atoms with Crippen LogP contribution in [0.1, 0.15) is 66.2 Å². The number of fused-ring (bicyclic) bond motifs is 1. The molecule has 2 fully saturated rings. The molecule has 202 valence electrons. The van der Waals surface area contributed by atoms with E-state index in [0.29, 0.717) is 18.0 Å². The van der Waals surface area contributed by atoms with Gasteiger partial charge in [0.2, 0.25) is 11.7 Å². The molecule has 0 radical (unpaired) electrons. The Hall–Kier alpha value is -3.40. The molecule has 0 unspecified atom stereocenters. The number of aromatic amines is 1. The summed E-state index contributed by atoms with van der Waals surface area (Å²) < 4.78 is 39.1. The van der Waals surface area contributed by atoms with Crippen molar-refractivity contribution in [3.05, 3.63) is 59.4 Å². The average Bonchev–Trinajstić information content (AvgIpc) is 3.38. The average molecular weight is 528 g/mol. The van der Waals surface area contributed by atoms with Crippen LogP contribution in [0.15, 0.2) is 42.5 Å². The quantitative estimate of drug-likeness (QED) is 0.449. The third-order valence-corrected chi connectivity index (χ3v) is 7.60. The molecule has 2 aliphatic heterocycles. The lowest BCUT2D eigenvalue weighted by Gasteiger charge is -2.33. The van der Waals surface area contributed by atoms with Crippen LogP contribution in [0.5, 0.6) is 0 Å². The van der Waals surface area contributed by atoms with Gasteiger partial charge in [-0.1, -0.05) is 24.6 Å². The SMILES string of the molecule is O=C(Nc1ccc(C2CCN(C(=O)CCN3CCCCC3)CC2)cc1)c1cccc2[nH]c(C(F)(F)F)nc12. The Labute approximate surface area is 219 Å². The third-order valence-electron chi connectivity index (χ3n) is 7.60. The van der Waals surface area contributed by atoms with E-state index in [1.54, 1.807) is 12.1 Å². The molecule has 38 heavy (non-hydrogen) atoms. The van der Waals surface area contributed by atoms with Crippen molar-refractivity contribution in [1.29, 1.82) is 0 Å². The van der Waals surface area contributed by atoms with Gasteiger partial charge in [0.15, 0.2) is 0 Å². The molecule has 2 aliphatic rings. The summed E-state index contributed by atoms with van der Waals surface area (Å²) in [6.45, 7) is 4.54. The highest BCUT2D eigenvalue weighted by Crippen LogP contribution is 2.31. The van der Waals surface area contributed by atoms with E-state index in [9.17, 15) is 22.8 Å². The highest BCUT2D eigenvalue weighted by atomic mass is 19.4. The van der Waals surface area contributed by atoms with Crippen molar-refractivity contribution in [2.24, 2.45) is 0 Å². The van der Waals surface area contributed by atoms with Crippen molar-refractivity contribution in [2.45, 2.75) is 50.6 Å². The molecule has 0 atom stereocenters. The number of H-pyrrole nitrogens is 1. The van der Waals surface area contributed by atoms with E-state index in [-0.39, 0.29) is 22.5 Å². The third kappa shape index (κ3) is 6.01. The smallest absolute Gasteiger partial charge is 0.343 e. The lowest BCUT2D eigenvalue weighted by atomic mass is 9.89. The molecule has 7 nitrogen and oxygen atoms in total. The number of para-hydroxylation sites is 1. The molecule has 2 N–H and O–H groups in total. The molecule has 0 bridgehead atoms. The van der Waals surface area contributed by atoms with Crippen molar-refractivity contribution in [3.8, 4) is 0 Å². The van der Waals surface area contributed by atoms with Crippen LogP contribution in [-0.2, 0) is 11.0 Å². The number of imidazole rings is 1. The maximum Gasteiger partial charge on any atom is 0.449 e. The monoisotopic (exact) mass is 527 g/mol. The molecule has 0 spiro atoms. The number of nitrogens with one attached hydrogen (secondary N) is 2. The molecule has 2 saturated heterocycles. The van der Waals surface area contributed by atoms with Crippen molar-refractivity contribution < 1.29 is 22.8 Å². The van der Waals surface area contributed by atoms with E-state index in [1.807, 2.05) is 17.0 Å². The number of benzene rings is 2. The van der Waals surface area contributed by atoms with Crippen molar-refractivity contribution in [1.82, 2.24) is 19.8 Å². The van der Waals surface area contributed by atoms with E-state index < -0.39 is 17.9 Å². The molecule has 3 heterocycles. The summed E-state index contributed by atoms with van der Waals surface area (Å²) >= 11 is 0. The van der Waals surface area contributed by atoms with E-state index in [0.717, 1.165) is 51.1 Å². The summed E-state index contributed by atoms with van der Waals surface area (Å²) in [5, 5.41) is 2.76. The molecule has 10 heteroatoms. The first-order chi connectivity index (χ1) is 18.3. The number of likely N-dealkylation sites (tertiary alicyclic amines) is 2. The number of aromatic nitrogens is 2. The molecular weight excluding hydrogens is 495 g/mol. The molecule has 2 amide bonds. The van der Waals surface area contributed by atoms with Gasteiger partial charge in [-0.25, -0.2) is 4.98 Å². The van der Waals surface area contributed by atoms with E-state index in [1.165, 1.54) is 37.5 Å². The zero-order chi connectivity index (χ0) is 26.7. The minimum Gasteiger partial charge on any atom is -0.343 e. The van der Waals surface area contributed by atoms with E-state index in [4.69, 9.17) is 0 Å². The Morgan fingerprint density at radius 1 is 0.974 bits per heavy atom. The molecule has 3 aromatic rings. The summed E-state index contributed by atoms with van der Waals surface area (Å²) in [6.07, 6.45) is 1.49. The Morgan fingerprint density at radius 2 is 1.68 bits per heavy atom. The number of halogens is 3. The van der Waals surface area contributed by atoms with Crippen LogP contribution in [0.2, 0.25) is 0 Å². The van der Waals surface area contributed by atoms with Crippen molar-refractivity contribution >= 4 is 28.5 Å². The lowest BCUT2D eigenvalue weighted by molar-refractivity contribution is -0.144. The van der Waals surface area contributed by atoms with E-state index >= 15 is 0 Å². The van der Waals surface area contributed by atoms with Gasteiger partial charge in [-0.2, -0.15) is 13.2 Å². The minimum atomic E-state index is -4.63. The molecule has 0 saturated carbocycles. The standard InChI is InChI=1S/C28H32F3N5O2/c29-28(30,31)27-33-23-6-4-5-22(25(23)34-27)26(38)32-21-9-7-19(8-10-21)20-11-17-36(18-12-20)24(37)13-16-35-14-2-1-3-15-35/h4-10,20H,1-3,11-18H2,(H,32,38)(H,33,34). The fourth-order valence-electron chi connectivity index (χ4n) is 5.44. The Morgan fingerprint density at radius 3 is 2.37 bits per heavy atom. The first-order valence-electron chi connectivity index (χ1n) is 13.3. The van der Waals surface area contributed by atoms with Crippen molar-refractivity contribution in [2.75, 3.05) is 38.0 Å². The second-order valence-electron chi connectivity index (χ2n) is 10.2. The summed E-state index contributed by atoms with van der Waals surface area (Å²) in [6, 6.07) is 12.0. The van der Waals surface area contributed by atoms with E-state index in [2.05, 4.69) is 20.2 Å². The van der Waals surface area contributed by atoms with Gasteiger partial charge >= 0.3 is 6.18 Å². The predicted octanol–water partition coefficient (Wildman–Crippen LogP) is 5.42. The number of anilines is 1. The van der Waals surface area contributed by atoms with Crippen LogP contribution in [0.3, 0.4) is 0 Å². The van der Waals surface area contributed by atoms with Crippen LogP contribution in [-0.4, -0.2) is 64.3 Å². The summed E-state index contributed by atoms with van der Waals surface area (Å²) in [4.78, 5) is 35.7. The number of nitrogens with zero attached hydrogens (tertiary/aromatic N) is 3. The zero-order valence-electron chi connectivity index (χ0n) is 21.2. The molecule has 1 aromatic heterocycles. The van der Waals surface area contributed by atoms with Crippen LogP contribution in [0.25, 0.3) is 11.0 Å². The molecule has 5 rings (SSSR count). The van der Waals surface area contributed by atoms with Gasteiger partial charge in [-0.3, -0.25) is 9.59 Å². The summed E-state index contributed by atoms with van der Waals surface area (Å²) in [7, 11) is 0. The van der Waals surface area contributed by atoms with Gasteiger partial charge in [0.25, 0.3) is 5.91 Å². The second kappa shape index (κ2) is 11.1. The number of rotatable bonds is 6. The fraction of sp³-hybridized carbons (Fsp3) is 0.464. The Balaban J connectivity index is 1.15. The van der Waals surface area contributed by atoms with Gasteiger partial charge in [0, 0.05) is 31.7 Å². The Kier molecular flexibility index (Phi) is 7.69. The van der Waals surface area contributed by atoms with Gasteiger partial charge in [0.05, 0.1) is 11.1 Å². The number of hydrogen-bond donors (Lipinski definition) is 2. The largest absolute Gasteiger partial charge is 0.449 e. The van der Waals surface area contributed by atoms with Crippen LogP contribution in [0.4, 0.5) is 18.9 Å². The van der Waals surface area contributed by atoms with Crippen LogP contribution < -0.4 is 5.32 Å². The molecular formula is C28H32F3N5O2. The maximum absolute atomic E-state index is 13.0. The second-order valence-corrected chi connectivity index (χ2v) is 10.2. The number of piperidine rings is 2. The first kappa shape index (κ1) is 26.2. The van der Waals surface area contributed by atoms with Gasteiger partial charge in [0.1, 0.15) is 5.52 Å². The first-order valence-corrected chi connectivity index (χ1v) is 13.3. The fourth-order valence-corrected chi connectivity index (χ4v) is 5.44. The number of hydrogen-bond acceptors (Lipinski definition) is 4. The predicted molar refractivity (Wildman–Crippen MR) is 139 cm³/mol. The number of carbonyl (C=O) groups is 2. The minimum absolute atomic E-state index is 0.0221. The maximum atomic E-state index is 13.0. The highest BCUT2D eigenvalue weighted by Gasteiger charge is 2.35. The normalized spacial score (nSPS) is 17.6. The topological polar surface area (TPSA) is 81.3 Å². The molecule has 0 aliphatic carbocycles. The van der Waals surface area contributed by atoms with Gasteiger partial charge < -0.3 is 20.1 Å². The van der Waals surface area contributed by atoms with Crippen LogP contribution in [0, 0.1) is 0 Å². The lowest BCUT2D eigenvalue weighted by Crippen LogP contribution is -2.40. The Bertz CT molecular complexity index is 1270. The van der Waals surface area contributed by atoms with Gasteiger partial charge in [-0.05, 0) is 74.5 Å². The molecule has 2 aromatic carbocycles. The number of carbonyl (C=O) groups excluding carboxylic acids is 2. The van der Waals surface area contributed by atoms with Crippen molar-refractivity contribution in [3.63, 3.8) is 0 Å². The number of alkyl halides is 3.